The van der Waals surface area contributed by atoms with E-state index < -0.39 is 0 Å². The van der Waals surface area contributed by atoms with E-state index in [1.807, 2.05) is 0 Å². The molecule has 1 unspecified atom stereocenters. The Hall–Kier alpha value is -1.86. The van der Waals surface area contributed by atoms with Gasteiger partial charge in [0.1, 0.15) is 0 Å². The van der Waals surface area contributed by atoms with Crippen molar-refractivity contribution in [2.24, 2.45) is 5.92 Å². The highest BCUT2D eigenvalue weighted by Crippen LogP contribution is 2.43. The van der Waals surface area contributed by atoms with Crippen molar-refractivity contribution in [3.63, 3.8) is 0 Å². The quantitative estimate of drug-likeness (QED) is 0.800. The van der Waals surface area contributed by atoms with Gasteiger partial charge in [-0.2, -0.15) is 0 Å². The summed E-state index contributed by atoms with van der Waals surface area (Å²) in [5.74, 6) is 0.787. The van der Waals surface area contributed by atoms with Crippen LogP contribution in [0.2, 0.25) is 0 Å². The molecule has 4 rings (SSSR count). The average molecular weight is 275 g/mol. The van der Waals surface area contributed by atoms with Gasteiger partial charge in [0.05, 0.1) is 6.04 Å². The summed E-state index contributed by atoms with van der Waals surface area (Å²) in [6.07, 6.45) is 8.44. The topological polar surface area (TPSA) is 12.0 Å². The molecule has 0 fully saturated rings. The highest BCUT2D eigenvalue weighted by Gasteiger charge is 2.27. The van der Waals surface area contributed by atoms with Crippen LogP contribution in [0.1, 0.15) is 36.4 Å². The minimum atomic E-state index is 0.364. The Morgan fingerprint density at radius 3 is 2.14 bits per heavy atom. The molecule has 0 aliphatic heterocycles. The minimum absolute atomic E-state index is 0.364. The van der Waals surface area contributed by atoms with Gasteiger partial charge in [-0.05, 0) is 54.0 Å². The van der Waals surface area contributed by atoms with Crippen LogP contribution < -0.4 is 5.32 Å². The van der Waals surface area contributed by atoms with Gasteiger partial charge in [0.25, 0.3) is 0 Å². The standard InChI is InChI=1S/C20H21N/c1-2-8-15(9-3-1)14-21-20-18-12-6-4-10-16(18)17-11-5-7-13-19(17)20/h1-2,4-7,10-13,15,20-21H,3,8-9,14H2. The molecule has 106 valence electrons. The van der Waals surface area contributed by atoms with E-state index in [9.17, 15) is 0 Å². The number of allylic oxidation sites excluding steroid dienone is 2. The van der Waals surface area contributed by atoms with Crippen LogP contribution in [0.5, 0.6) is 0 Å². The second-order valence-electron chi connectivity index (χ2n) is 6.17. The normalized spacial score (nSPS) is 20.3. The van der Waals surface area contributed by atoms with Crippen molar-refractivity contribution < 1.29 is 0 Å². The van der Waals surface area contributed by atoms with E-state index in [0.717, 1.165) is 12.5 Å². The van der Waals surface area contributed by atoms with Crippen molar-refractivity contribution in [1.82, 2.24) is 5.32 Å². The van der Waals surface area contributed by atoms with Crippen LogP contribution in [0.15, 0.2) is 60.7 Å². The molecule has 0 bridgehead atoms. The van der Waals surface area contributed by atoms with Crippen molar-refractivity contribution in [2.45, 2.75) is 25.3 Å². The fraction of sp³-hybridized carbons (Fsp3) is 0.300. The molecule has 2 aliphatic rings. The summed E-state index contributed by atoms with van der Waals surface area (Å²) < 4.78 is 0. The van der Waals surface area contributed by atoms with Crippen LogP contribution in [0, 0.1) is 5.92 Å². The summed E-state index contributed by atoms with van der Waals surface area (Å²) in [5.41, 5.74) is 5.67. The maximum absolute atomic E-state index is 3.83. The number of fused-ring (bicyclic) bond motifs is 3. The van der Waals surface area contributed by atoms with Crippen LogP contribution >= 0.6 is 0 Å². The number of nitrogens with one attached hydrogen (secondary N) is 1. The summed E-state index contributed by atoms with van der Waals surface area (Å²) in [6, 6.07) is 18.0. The van der Waals surface area contributed by atoms with E-state index in [0.29, 0.717) is 6.04 Å². The predicted molar refractivity (Wildman–Crippen MR) is 88.2 cm³/mol. The predicted octanol–water partition coefficient (Wildman–Crippen LogP) is 4.70. The SMILES string of the molecule is C1=CCC(CNC2c3ccccc3-c3ccccc32)CC1. The van der Waals surface area contributed by atoms with E-state index in [1.165, 1.54) is 41.5 Å². The zero-order chi connectivity index (χ0) is 14.1. The van der Waals surface area contributed by atoms with Gasteiger partial charge in [0.15, 0.2) is 0 Å². The summed E-state index contributed by atoms with van der Waals surface area (Å²) >= 11 is 0. The number of hydrogen-bond donors (Lipinski definition) is 1. The monoisotopic (exact) mass is 275 g/mol. The molecule has 1 atom stereocenters. The second kappa shape index (κ2) is 5.50. The van der Waals surface area contributed by atoms with Crippen molar-refractivity contribution >= 4 is 0 Å². The van der Waals surface area contributed by atoms with Gasteiger partial charge in [-0.15, -0.1) is 0 Å². The van der Waals surface area contributed by atoms with E-state index in [-0.39, 0.29) is 0 Å². The van der Waals surface area contributed by atoms with Crippen molar-refractivity contribution in [3.05, 3.63) is 71.8 Å². The number of hydrogen-bond acceptors (Lipinski definition) is 1. The molecule has 0 aromatic heterocycles. The first kappa shape index (κ1) is 12.8. The first-order valence-electron chi connectivity index (χ1n) is 8.00. The molecule has 0 saturated heterocycles. The maximum atomic E-state index is 3.83. The fourth-order valence-electron chi connectivity index (χ4n) is 3.70. The Kier molecular flexibility index (Phi) is 3.36. The first-order valence-corrected chi connectivity index (χ1v) is 8.00. The van der Waals surface area contributed by atoms with Crippen molar-refractivity contribution in [3.8, 4) is 11.1 Å². The molecular weight excluding hydrogens is 254 g/mol. The number of benzene rings is 2. The average Bonchev–Trinajstić information content (AvgIpc) is 2.88. The van der Waals surface area contributed by atoms with Gasteiger partial charge in [0, 0.05) is 0 Å². The van der Waals surface area contributed by atoms with Gasteiger partial charge >= 0.3 is 0 Å². The third-order valence-electron chi connectivity index (χ3n) is 4.82. The minimum Gasteiger partial charge on any atom is -0.306 e. The van der Waals surface area contributed by atoms with Crippen LogP contribution in [0.3, 0.4) is 0 Å². The molecule has 1 N–H and O–H groups in total. The van der Waals surface area contributed by atoms with Gasteiger partial charge in [-0.3, -0.25) is 0 Å². The van der Waals surface area contributed by atoms with E-state index >= 15 is 0 Å². The largest absolute Gasteiger partial charge is 0.306 e. The lowest BCUT2D eigenvalue weighted by atomic mass is 9.93. The van der Waals surface area contributed by atoms with E-state index in [4.69, 9.17) is 0 Å². The van der Waals surface area contributed by atoms with Crippen LogP contribution in [0.25, 0.3) is 11.1 Å². The molecule has 1 nitrogen and oxygen atoms in total. The molecule has 2 aromatic carbocycles. The van der Waals surface area contributed by atoms with Gasteiger partial charge in [-0.1, -0.05) is 60.7 Å². The smallest absolute Gasteiger partial charge is 0.0589 e. The molecule has 0 amide bonds. The van der Waals surface area contributed by atoms with Gasteiger partial charge in [-0.25, -0.2) is 0 Å². The number of rotatable bonds is 3. The third-order valence-corrected chi connectivity index (χ3v) is 4.82. The lowest BCUT2D eigenvalue weighted by molar-refractivity contribution is 0.425. The molecule has 0 spiro atoms. The van der Waals surface area contributed by atoms with E-state index in [1.54, 1.807) is 0 Å². The summed E-state index contributed by atoms with van der Waals surface area (Å²) in [4.78, 5) is 0. The van der Waals surface area contributed by atoms with Crippen molar-refractivity contribution in [1.29, 1.82) is 0 Å². The first-order chi connectivity index (χ1) is 10.4. The molecule has 0 heterocycles. The Morgan fingerprint density at radius 2 is 1.52 bits per heavy atom. The summed E-state index contributed by atoms with van der Waals surface area (Å²) in [7, 11) is 0. The zero-order valence-corrected chi connectivity index (χ0v) is 12.3. The molecule has 0 saturated carbocycles. The highest BCUT2D eigenvalue weighted by molar-refractivity contribution is 5.78. The zero-order valence-electron chi connectivity index (χ0n) is 12.3. The van der Waals surface area contributed by atoms with Gasteiger partial charge < -0.3 is 5.32 Å². The highest BCUT2D eigenvalue weighted by atomic mass is 14.9. The Balaban J connectivity index is 1.61. The summed E-state index contributed by atoms with van der Waals surface area (Å²) in [5, 5.41) is 3.83. The summed E-state index contributed by atoms with van der Waals surface area (Å²) in [6.45, 7) is 1.11. The van der Waals surface area contributed by atoms with Crippen LogP contribution in [-0.2, 0) is 0 Å². The molecule has 2 aromatic rings. The molecule has 21 heavy (non-hydrogen) atoms. The van der Waals surface area contributed by atoms with Crippen LogP contribution in [-0.4, -0.2) is 6.54 Å². The Labute approximate surface area is 126 Å². The Bertz CT molecular complexity index is 626. The lowest BCUT2D eigenvalue weighted by Crippen LogP contribution is -2.27. The third kappa shape index (κ3) is 2.32. The van der Waals surface area contributed by atoms with Gasteiger partial charge in [0.2, 0.25) is 0 Å². The van der Waals surface area contributed by atoms with E-state index in [2.05, 4.69) is 66.0 Å². The van der Waals surface area contributed by atoms with Crippen molar-refractivity contribution in [2.75, 3.05) is 6.54 Å². The molecule has 1 heteroatoms. The maximum Gasteiger partial charge on any atom is 0.0589 e. The molecule has 2 aliphatic carbocycles. The second-order valence-corrected chi connectivity index (χ2v) is 6.17. The van der Waals surface area contributed by atoms with Crippen LogP contribution in [0.4, 0.5) is 0 Å². The lowest BCUT2D eigenvalue weighted by Gasteiger charge is -2.22. The Morgan fingerprint density at radius 1 is 0.857 bits per heavy atom. The fourth-order valence-corrected chi connectivity index (χ4v) is 3.70. The molecule has 0 radical (unpaired) electrons. The molecular formula is C20H21N.